The molecule has 1 rings (SSSR count). The molecule has 0 aliphatic carbocycles. The van der Waals surface area contributed by atoms with E-state index < -0.39 is 27.3 Å². The SMILES string of the molecule is CN[C@H](C)c1cc(F)c(NS(C)(=O)=O)c(F)c1. The second-order valence-electron chi connectivity index (χ2n) is 3.74. The summed E-state index contributed by atoms with van der Waals surface area (Å²) in [7, 11) is -2.05. The number of sulfonamides is 1. The zero-order chi connectivity index (χ0) is 13.2. The fourth-order valence-corrected chi connectivity index (χ4v) is 1.86. The molecule has 0 amide bonds. The van der Waals surface area contributed by atoms with Crippen LogP contribution < -0.4 is 10.0 Å². The van der Waals surface area contributed by atoms with Gasteiger partial charge in [-0.3, -0.25) is 4.72 Å². The number of rotatable bonds is 4. The first-order valence-corrected chi connectivity index (χ1v) is 6.77. The average Bonchev–Trinajstić information content (AvgIpc) is 2.20. The van der Waals surface area contributed by atoms with Crippen LogP contribution in [0.4, 0.5) is 14.5 Å². The van der Waals surface area contributed by atoms with Gasteiger partial charge in [-0.15, -0.1) is 0 Å². The summed E-state index contributed by atoms with van der Waals surface area (Å²) < 4.78 is 50.7. The van der Waals surface area contributed by atoms with Crippen LogP contribution in [0.2, 0.25) is 0 Å². The van der Waals surface area contributed by atoms with E-state index in [2.05, 4.69) is 5.32 Å². The Labute approximate surface area is 99.1 Å². The van der Waals surface area contributed by atoms with Gasteiger partial charge in [-0.1, -0.05) is 0 Å². The van der Waals surface area contributed by atoms with Crippen LogP contribution in [0, 0.1) is 11.6 Å². The van der Waals surface area contributed by atoms with E-state index in [4.69, 9.17) is 0 Å². The third-order valence-corrected chi connectivity index (χ3v) is 2.86. The summed E-state index contributed by atoms with van der Waals surface area (Å²) in [6, 6.07) is 1.96. The summed E-state index contributed by atoms with van der Waals surface area (Å²) in [6.07, 6.45) is 0.829. The van der Waals surface area contributed by atoms with Crippen molar-refractivity contribution in [3.63, 3.8) is 0 Å². The van der Waals surface area contributed by atoms with Crippen LogP contribution in [0.25, 0.3) is 0 Å². The van der Waals surface area contributed by atoms with Crippen molar-refractivity contribution in [3.8, 4) is 0 Å². The van der Waals surface area contributed by atoms with Crippen molar-refractivity contribution in [1.29, 1.82) is 0 Å². The van der Waals surface area contributed by atoms with Gasteiger partial charge < -0.3 is 5.32 Å². The summed E-state index contributed by atoms with van der Waals surface area (Å²) >= 11 is 0. The minimum atomic E-state index is -3.71. The van der Waals surface area contributed by atoms with E-state index in [1.165, 1.54) is 0 Å². The number of hydrogen-bond donors (Lipinski definition) is 2. The summed E-state index contributed by atoms with van der Waals surface area (Å²) in [5.41, 5.74) is -0.249. The lowest BCUT2D eigenvalue weighted by Gasteiger charge is -2.13. The van der Waals surface area contributed by atoms with E-state index in [1.807, 2.05) is 0 Å². The smallest absolute Gasteiger partial charge is 0.230 e. The first kappa shape index (κ1) is 13.9. The molecular formula is C10H14F2N2O2S. The maximum Gasteiger partial charge on any atom is 0.230 e. The van der Waals surface area contributed by atoms with Crippen molar-refractivity contribution in [1.82, 2.24) is 5.32 Å². The number of anilines is 1. The molecule has 0 unspecified atom stereocenters. The maximum atomic E-state index is 13.5. The monoisotopic (exact) mass is 264 g/mol. The van der Waals surface area contributed by atoms with Gasteiger partial charge in [0, 0.05) is 6.04 Å². The standard InChI is InChI=1S/C10H14F2N2O2S/c1-6(13-2)7-4-8(11)10(9(12)5-7)14-17(3,15)16/h4-6,13-14H,1-3H3/t6-/m1/s1. The molecule has 0 saturated carbocycles. The predicted octanol–water partition coefficient (Wildman–Crippen LogP) is 1.62. The molecule has 0 bridgehead atoms. The summed E-state index contributed by atoms with van der Waals surface area (Å²) in [5, 5.41) is 2.83. The van der Waals surface area contributed by atoms with Gasteiger partial charge in [0.2, 0.25) is 10.0 Å². The zero-order valence-electron chi connectivity index (χ0n) is 9.71. The molecule has 0 aliphatic rings. The van der Waals surface area contributed by atoms with E-state index >= 15 is 0 Å². The molecule has 2 N–H and O–H groups in total. The highest BCUT2D eigenvalue weighted by Gasteiger charge is 2.16. The largest absolute Gasteiger partial charge is 0.313 e. The Balaban J connectivity index is 3.20. The lowest BCUT2D eigenvalue weighted by Crippen LogP contribution is -2.15. The molecule has 0 fully saturated rings. The van der Waals surface area contributed by atoms with Crippen molar-refractivity contribution < 1.29 is 17.2 Å². The van der Waals surface area contributed by atoms with Gasteiger partial charge in [-0.2, -0.15) is 0 Å². The Bertz CT molecular complexity index is 494. The van der Waals surface area contributed by atoms with Crippen molar-refractivity contribution in [3.05, 3.63) is 29.3 Å². The molecule has 7 heteroatoms. The van der Waals surface area contributed by atoms with E-state index in [0.29, 0.717) is 5.56 Å². The minimum absolute atomic E-state index is 0.230. The van der Waals surface area contributed by atoms with Crippen LogP contribution in [0.15, 0.2) is 12.1 Å². The van der Waals surface area contributed by atoms with Crippen LogP contribution in [0.3, 0.4) is 0 Å². The zero-order valence-corrected chi connectivity index (χ0v) is 10.5. The highest BCUT2D eigenvalue weighted by atomic mass is 32.2. The van der Waals surface area contributed by atoms with Crippen LogP contribution >= 0.6 is 0 Å². The number of nitrogens with one attached hydrogen (secondary N) is 2. The van der Waals surface area contributed by atoms with Crippen molar-refractivity contribution in [2.75, 3.05) is 18.0 Å². The number of benzene rings is 1. The van der Waals surface area contributed by atoms with Crippen molar-refractivity contribution in [2.45, 2.75) is 13.0 Å². The minimum Gasteiger partial charge on any atom is -0.313 e. The third kappa shape index (κ3) is 3.64. The van der Waals surface area contributed by atoms with Crippen molar-refractivity contribution >= 4 is 15.7 Å². The van der Waals surface area contributed by atoms with E-state index in [9.17, 15) is 17.2 Å². The highest BCUT2D eigenvalue weighted by molar-refractivity contribution is 7.92. The molecular weight excluding hydrogens is 250 g/mol. The molecule has 0 aliphatic heterocycles. The molecule has 0 radical (unpaired) electrons. The van der Waals surface area contributed by atoms with Gasteiger partial charge in [0.25, 0.3) is 0 Å². The van der Waals surface area contributed by atoms with E-state index in [1.54, 1.807) is 18.7 Å². The second kappa shape index (κ2) is 4.97. The van der Waals surface area contributed by atoms with Crippen LogP contribution in [-0.2, 0) is 10.0 Å². The predicted molar refractivity (Wildman–Crippen MR) is 62.3 cm³/mol. The van der Waals surface area contributed by atoms with E-state index in [-0.39, 0.29) is 6.04 Å². The quantitative estimate of drug-likeness (QED) is 0.868. The Morgan fingerprint density at radius 1 is 1.24 bits per heavy atom. The molecule has 4 nitrogen and oxygen atoms in total. The molecule has 96 valence electrons. The molecule has 0 saturated heterocycles. The first-order chi connectivity index (χ1) is 7.74. The summed E-state index contributed by atoms with van der Waals surface area (Å²) in [5.74, 6) is -1.87. The molecule has 0 aromatic heterocycles. The van der Waals surface area contributed by atoms with Gasteiger partial charge >= 0.3 is 0 Å². The number of hydrogen-bond acceptors (Lipinski definition) is 3. The van der Waals surface area contributed by atoms with Crippen LogP contribution in [0.5, 0.6) is 0 Å². The fourth-order valence-electron chi connectivity index (χ4n) is 1.29. The Hall–Kier alpha value is -1.21. The van der Waals surface area contributed by atoms with Gasteiger partial charge in [0.15, 0.2) is 11.6 Å². The summed E-state index contributed by atoms with van der Waals surface area (Å²) in [4.78, 5) is 0. The average molecular weight is 264 g/mol. The van der Waals surface area contributed by atoms with Gasteiger partial charge in [-0.05, 0) is 31.7 Å². The van der Waals surface area contributed by atoms with E-state index in [0.717, 1.165) is 18.4 Å². The summed E-state index contributed by atoms with van der Waals surface area (Å²) in [6.45, 7) is 1.73. The second-order valence-corrected chi connectivity index (χ2v) is 5.49. The Morgan fingerprint density at radius 2 is 1.71 bits per heavy atom. The molecule has 1 atom stereocenters. The molecule has 1 aromatic carbocycles. The molecule has 17 heavy (non-hydrogen) atoms. The molecule has 0 spiro atoms. The maximum absolute atomic E-state index is 13.5. The Morgan fingerprint density at radius 3 is 2.06 bits per heavy atom. The normalized spacial score (nSPS) is 13.5. The fraction of sp³-hybridized carbons (Fsp3) is 0.400. The topological polar surface area (TPSA) is 58.2 Å². The van der Waals surface area contributed by atoms with Crippen molar-refractivity contribution in [2.24, 2.45) is 0 Å². The van der Waals surface area contributed by atoms with Gasteiger partial charge in [0.1, 0.15) is 5.69 Å². The molecule has 1 aromatic rings. The van der Waals surface area contributed by atoms with Gasteiger partial charge in [-0.25, -0.2) is 17.2 Å². The lowest BCUT2D eigenvalue weighted by molar-refractivity contribution is 0.570. The Kier molecular flexibility index (Phi) is 4.05. The number of halogens is 2. The van der Waals surface area contributed by atoms with Gasteiger partial charge in [0.05, 0.1) is 6.26 Å². The highest BCUT2D eigenvalue weighted by Crippen LogP contribution is 2.24. The molecule has 0 heterocycles. The van der Waals surface area contributed by atoms with Crippen LogP contribution in [0.1, 0.15) is 18.5 Å². The lowest BCUT2D eigenvalue weighted by atomic mass is 10.1. The van der Waals surface area contributed by atoms with Crippen LogP contribution in [-0.4, -0.2) is 21.7 Å². The first-order valence-electron chi connectivity index (χ1n) is 4.88. The third-order valence-electron chi connectivity index (χ3n) is 2.28.